The van der Waals surface area contributed by atoms with E-state index in [-0.39, 0.29) is 6.04 Å². The first-order valence-electron chi connectivity index (χ1n) is 7.46. The molecule has 5 nitrogen and oxygen atoms in total. The summed E-state index contributed by atoms with van der Waals surface area (Å²) in [5.74, 6) is 0.942. The Morgan fingerprint density at radius 3 is 2.26 bits per heavy atom. The van der Waals surface area contributed by atoms with Crippen LogP contribution in [0.25, 0.3) is 0 Å². The van der Waals surface area contributed by atoms with Crippen LogP contribution in [0.1, 0.15) is 39.5 Å². The van der Waals surface area contributed by atoms with Gasteiger partial charge in [0.1, 0.15) is 0 Å². The van der Waals surface area contributed by atoms with Crippen molar-refractivity contribution in [3.63, 3.8) is 0 Å². The maximum atomic E-state index is 12.6. The average molecular weight is 289 g/mol. The zero-order valence-electron chi connectivity index (χ0n) is 12.1. The summed E-state index contributed by atoms with van der Waals surface area (Å²) in [6.45, 7) is 6.78. The van der Waals surface area contributed by atoms with E-state index in [1.807, 2.05) is 0 Å². The largest absolute Gasteiger partial charge is 0.327 e. The van der Waals surface area contributed by atoms with Crippen LogP contribution in [-0.2, 0) is 10.2 Å². The van der Waals surface area contributed by atoms with Gasteiger partial charge in [0.15, 0.2) is 0 Å². The topological polar surface area (TPSA) is 66.6 Å². The lowest BCUT2D eigenvalue weighted by Crippen LogP contribution is -2.54. The molecule has 0 aromatic heterocycles. The van der Waals surface area contributed by atoms with Crippen LogP contribution in [-0.4, -0.2) is 49.2 Å². The van der Waals surface area contributed by atoms with Gasteiger partial charge < -0.3 is 5.73 Å². The second kappa shape index (κ2) is 6.08. The fraction of sp³-hybridized carbons (Fsp3) is 1.00. The second-order valence-corrected chi connectivity index (χ2v) is 8.00. The third-order valence-corrected chi connectivity index (χ3v) is 6.68. The lowest BCUT2D eigenvalue weighted by Gasteiger charge is -2.39. The van der Waals surface area contributed by atoms with Gasteiger partial charge in [-0.05, 0) is 31.1 Å². The number of nitrogens with two attached hydrogens (primary N) is 1. The molecule has 0 saturated carbocycles. The van der Waals surface area contributed by atoms with Crippen molar-refractivity contribution in [2.45, 2.75) is 45.6 Å². The Kier molecular flexibility index (Phi) is 4.87. The SMILES string of the molecule is CCC1CN(S(=O)(=O)N2CCC(C)CC2)CCC1N. The predicted molar refractivity (Wildman–Crippen MR) is 76.8 cm³/mol. The van der Waals surface area contributed by atoms with E-state index in [0.717, 1.165) is 25.7 Å². The van der Waals surface area contributed by atoms with Gasteiger partial charge in [0.05, 0.1) is 0 Å². The van der Waals surface area contributed by atoms with Crippen molar-refractivity contribution in [3.05, 3.63) is 0 Å². The average Bonchev–Trinajstić information content (AvgIpc) is 2.39. The summed E-state index contributed by atoms with van der Waals surface area (Å²) in [5.41, 5.74) is 6.06. The highest BCUT2D eigenvalue weighted by Crippen LogP contribution is 2.25. The van der Waals surface area contributed by atoms with Crippen molar-refractivity contribution in [2.75, 3.05) is 26.2 Å². The minimum absolute atomic E-state index is 0.151. The Hall–Kier alpha value is -0.170. The molecule has 2 N–H and O–H groups in total. The van der Waals surface area contributed by atoms with Crippen molar-refractivity contribution in [3.8, 4) is 0 Å². The molecule has 0 bridgehead atoms. The molecule has 2 unspecified atom stereocenters. The van der Waals surface area contributed by atoms with Crippen LogP contribution in [0.3, 0.4) is 0 Å². The van der Waals surface area contributed by atoms with E-state index in [9.17, 15) is 8.42 Å². The first-order valence-corrected chi connectivity index (χ1v) is 8.85. The Morgan fingerprint density at radius 1 is 1.11 bits per heavy atom. The van der Waals surface area contributed by atoms with Gasteiger partial charge in [-0.1, -0.05) is 20.3 Å². The van der Waals surface area contributed by atoms with E-state index in [1.165, 1.54) is 0 Å². The number of hydrogen-bond donors (Lipinski definition) is 1. The minimum atomic E-state index is -3.26. The molecule has 0 aliphatic carbocycles. The molecule has 2 aliphatic rings. The third kappa shape index (κ3) is 3.29. The molecule has 0 spiro atoms. The third-order valence-electron chi connectivity index (χ3n) is 4.68. The van der Waals surface area contributed by atoms with Gasteiger partial charge in [0.2, 0.25) is 0 Å². The highest BCUT2D eigenvalue weighted by molar-refractivity contribution is 7.86. The highest BCUT2D eigenvalue weighted by Gasteiger charge is 2.36. The molecule has 2 fully saturated rings. The van der Waals surface area contributed by atoms with Gasteiger partial charge in [-0.25, -0.2) is 0 Å². The molecule has 6 heteroatoms. The summed E-state index contributed by atoms with van der Waals surface area (Å²) in [7, 11) is -3.26. The minimum Gasteiger partial charge on any atom is -0.327 e. The zero-order valence-corrected chi connectivity index (χ0v) is 12.9. The van der Waals surface area contributed by atoms with E-state index >= 15 is 0 Å². The summed E-state index contributed by atoms with van der Waals surface area (Å²) < 4.78 is 28.6. The first kappa shape index (κ1) is 15.2. The van der Waals surface area contributed by atoms with Gasteiger partial charge in [0.25, 0.3) is 10.2 Å². The molecule has 2 heterocycles. The molecule has 2 rings (SSSR count). The molecule has 112 valence electrons. The number of hydrogen-bond acceptors (Lipinski definition) is 3. The van der Waals surface area contributed by atoms with Crippen LogP contribution in [0.15, 0.2) is 0 Å². The molecular weight excluding hydrogens is 262 g/mol. The van der Waals surface area contributed by atoms with Crippen LogP contribution in [0.5, 0.6) is 0 Å². The van der Waals surface area contributed by atoms with Gasteiger partial charge in [-0.2, -0.15) is 17.0 Å². The summed E-state index contributed by atoms with van der Waals surface area (Å²) in [6, 6.07) is 0.151. The monoisotopic (exact) mass is 289 g/mol. The van der Waals surface area contributed by atoms with Crippen LogP contribution < -0.4 is 5.73 Å². The quantitative estimate of drug-likeness (QED) is 0.843. The molecule has 0 radical (unpaired) electrons. The van der Waals surface area contributed by atoms with Gasteiger partial charge in [-0.15, -0.1) is 0 Å². The van der Waals surface area contributed by atoms with Crippen molar-refractivity contribution < 1.29 is 8.42 Å². The normalized spacial score (nSPS) is 32.6. The molecule has 2 aliphatic heterocycles. The van der Waals surface area contributed by atoms with Crippen LogP contribution in [0, 0.1) is 11.8 Å². The second-order valence-electron chi connectivity index (χ2n) is 6.07. The van der Waals surface area contributed by atoms with Gasteiger partial charge in [-0.3, -0.25) is 0 Å². The Balaban J connectivity index is 2.03. The standard InChI is InChI=1S/C13H27N3O2S/c1-3-12-10-16(9-6-13(12)14)19(17,18)15-7-4-11(2)5-8-15/h11-13H,3-10,14H2,1-2H3. The zero-order chi connectivity index (χ0) is 14.0. The van der Waals surface area contributed by atoms with E-state index in [2.05, 4.69) is 13.8 Å². The highest BCUT2D eigenvalue weighted by atomic mass is 32.2. The summed E-state index contributed by atoms with van der Waals surface area (Å²) in [5, 5.41) is 0. The Morgan fingerprint density at radius 2 is 1.68 bits per heavy atom. The molecule has 0 aromatic carbocycles. The van der Waals surface area contributed by atoms with Crippen molar-refractivity contribution in [1.29, 1.82) is 0 Å². The van der Waals surface area contributed by atoms with Crippen LogP contribution >= 0.6 is 0 Å². The molecule has 0 amide bonds. The number of piperidine rings is 2. The fourth-order valence-corrected chi connectivity index (χ4v) is 4.75. The summed E-state index contributed by atoms with van der Waals surface area (Å²) in [6.07, 6.45) is 3.68. The van der Waals surface area contributed by atoms with Crippen LogP contribution in [0.2, 0.25) is 0 Å². The van der Waals surface area contributed by atoms with Crippen molar-refractivity contribution in [1.82, 2.24) is 8.61 Å². The van der Waals surface area contributed by atoms with Crippen molar-refractivity contribution >= 4 is 10.2 Å². The number of nitrogens with zero attached hydrogens (tertiary/aromatic N) is 2. The molecular formula is C13H27N3O2S. The van der Waals surface area contributed by atoms with Crippen LogP contribution in [0.4, 0.5) is 0 Å². The van der Waals surface area contributed by atoms with E-state index in [4.69, 9.17) is 5.73 Å². The first-order chi connectivity index (χ1) is 8.95. The molecule has 19 heavy (non-hydrogen) atoms. The maximum absolute atomic E-state index is 12.6. The maximum Gasteiger partial charge on any atom is 0.281 e. The summed E-state index contributed by atoms with van der Waals surface area (Å²) >= 11 is 0. The van der Waals surface area contributed by atoms with E-state index < -0.39 is 10.2 Å². The predicted octanol–water partition coefficient (Wildman–Crippen LogP) is 1.02. The Bertz CT molecular complexity index is 391. The van der Waals surface area contributed by atoms with E-state index in [0.29, 0.717) is 38.0 Å². The molecule has 0 aromatic rings. The smallest absolute Gasteiger partial charge is 0.281 e. The van der Waals surface area contributed by atoms with E-state index in [1.54, 1.807) is 8.61 Å². The molecule has 2 atom stereocenters. The Labute approximate surface area is 117 Å². The molecule has 2 saturated heterocycles. The van der Waals surface area contributed by atoms with Gasteiger partial charge in [0, 0.05) is 32.2 Å². The lowest BCUT2D eigenvalue weighted by atomic mass is 9.92. The summed E-state index contributed by atoms with van der Waals surface area (Å²) in [4.78, 5) is 0. The van der Waals surface area contributed by atoms with Gasteiger partial charge >= 0.3 is 0 Å². The number of rotatable bonds is 3. The van der Waals surface area contributed by atoms with Crippen molar-refractivity contribution in [2.24, 2.45) is 17.6 Å². The fourth-order valence-electron chi connectivity index (χ4n) is 3.04. The lowest BCUT2D eigenvalue weighted by molar-refractivity contribution is 0.205.